The molecule has 8 nitrogen and oxygen atoms in total. The van der Waals surface area contributed by atoms with Gasteiger partial charge in [-0.15, -0.1) is 11.3 Å². The maximum Gasteiger partial charge on any atom is 0.307 e. The molecule has 1 aliphatic heterocycles. The molecule has 2 aromatic heterocycles. The van der Waals surface area contributed by atoms with Gasteiger partial charge in [-0.3, -0.25) is 14.3 Å². The van der Waals surface area contributed by atoms with Crippen LogP contribution in [-0.4, -0.2) is 48.9 Å². The number of carboxylic acid groups (broad SMARTS) is 1. The molecule has 0 atom stereocenters. The first-order valence-electron chi connectivity index (χ1n) is 15.1. The smallest absolute Gasteiger partial charge is 0.307 e. The van der Waals surface area contributed by atoms with Crippen LogP contribution in [0.3, 0.4) is 0 Å². The molecule has 0 unspecified atom stereocenters. The lowest BCUT2D eigenvalue weighted by Gasteiger charge is -2.18. The number of rotatable bonds is 5. The van der Waals surface area contributed by atoms with Crippen molar-refractivity contribution < 1.29 is 24.5 Å². The van der Waals surface area contributed by atoms with Crippen molar-refractivity contribution >= 4 is 44.2 Å². The van der Waals surface area contributed by atoms with Crippen LogP contribution in [0.4, 0.5) is 0 Å². The summed E-state index contributed by atoms with van der Waals surface area (Å²) in [6.45, 7) is 7.52. The molecule has 0 spiro atoms. The highest BCUT2D eigenvalue weighted by atomic mass is 32.1. The van der Waals surface area contributed by atoms with E-state index in [0.717, 1.165) is 65.1 Å². The molecule has 0 saturated carbocycles. The number of carbonyl (C=O) groups is 2. The van der Waals surface area contributed by atoms with Crippen LogP contribution in [0.1, 0.15) is 48.7 Å². The second-order valence-electron chi connectivity index (χ2n) is 12.5. The quantitative estimate of drug-likeness (QED) is 0.199. The molecule has 0 amide bonds. The SMILES string of the molecule is CC(C)(C)O.Cc1cc2nc(-c3cccc(-c4ccc5c(cnn5C)c4)c3)sc2c(-c2ccc3c(c2)C(=O)CCO3)c1CC(=O)O. The Balaban J connectivity index is 0.000000692. The third kappa shape index (κ3) is 6.42. The van der Waals surface area contributed by atoms with E-state index in [2.05, 4.69) is 35.4 Å². The number of ketones is 1. The summed E-state index contributed by atoms with van der Waals surface area (Å²) in [4.78, 5) is 29.6. The molecule has 4 aromatic carbocycles. The van der Waals surface area contributed by atoms with Gasteiger partial charge in [0.15, 0.2) is 5.78 Å². The lowest BCUT2D eigenvalue weighted by Crippen LogP contribution is -2.15. The van der Waals surface area contributed by atoms with E-state index >= 15 is 0 Å². The first-order chi connectivity index (χ1) is 21.9. The van der Waals surface area contributed by atoms with Crippen LogP contribution >= 0.6 is 11.3 Å². The Kier molecular flexibility index (Phi) is 8.22. The number of nitrogens with zero attached hydrogens (tertiary/aromatic N) is 3. The number of hydrogen-bond acceptors (Lipinski definition) is 7. The van der Waals surface area contributed by atoms with E-state index in [1.54, 1.807) is 20.8 Å². The molecule has 3 heterocycles. The standard InChI is InChI=1S/C33H25N3O4S.C4H10O/c1-18-12-26-32(31(24(18)16-30(38)39)21-7-9-29-25(15-21)28(37)10-11-40-29)41-33(35-26)22-5-3-4-19(13-22)20-6-8-27-23(14-20)17-34-36(27)2;1-4(2,3)5/h3-9,12-15,17H,10-11,16H2,1-2H3,(H,38,39);5H,1-3H3. The minimum Gasteiger partial charge on any atom is -0.492 e. The van der Waals surface area contributed by atoms with Crippen LogP contribution < -0.4 is 4.74 Å². The number of carbonyl (C=O) groups excluding carboxylic acids is 1. The van der Waals surface area contributed by atoms with Crippen molar-refractivity contribution in [3.8, 4) is 38.6 Å². The van der Waals surface area contributed by atoms with Gasteiger partial charge in [0.2, 0.25) is 0 Å². The number of carboxylic acids is 1. The van der Waals surface area contributed by atoms with E-state index in [1.165, 1.54) is 11.3 Å². The Labute approximate surface area is 270 Å². The van der Waals surface area contributed by atoms with Gasteiger partial charge >= 0.3 is 5.97 Å². The van der Waals surface area contributed by atoms with Crippen molar-refractivity contribution in [2.45, 2.75) is 46.1 Å². The normalized spacial score (nSPS) is 12.9. The molecule has 234 valence electrons. The van der Waals surface area contributed by atoms with Gasteiger partial charge in [0, 0.05) is 30.0 Å². The summed E-state index contributed by atoms with van der Waals surface area (Å²) in [6.07, 6.45) is 2.07. The first-order valence-corrected chi connectivity index (χ1v) is 15.9. The number of benzene rings is 4. The molecule has 46 heavy (non-hydrogen) atoms. The number of aryl methyl sites for hydroxylation is 2. The Morgan fingerprint density at radius 3 is 2.48 bits per heavy atom. The number of fused-ring (bicyclic) bond motifs is 3. The molecule has 0 saturated heterocycles. The van der Waals surface area contributed by atoms with Gasteiger partial charge in [-0.2, -0.15) is 5.10 Å². The van der Waals surface area contributed by atoms with Crippen LogP contribution in [0.15, 0.2) is 72.9 Å². The van der Waals surface area contributed by atoms with Crippen molar-refractivity contribution in [3.63, 3.8) is 0 Å². The lowest BCUT2D eigenvalue weighted by molar-refractivity contribution is -0.136. The summed E-state index contributed by atoms with van der Waals surface area (Å²) in [5.41, 5.74) is 8.24. The summed E-state index contributed by atoms with van der Waals surface area (Å²) >= 11 is 1.54. The Morgan fingerprint density at radius 2 is 1.72 bits per heavy atom. The van der Waals surface area contributed by atoms with Crippen molar-refractivity contribution in [2.75, 3.05) is 6.61 Å². The second kappa shape index (κ2) is 12.2. The molecule has 9 heteroatoms. The monoisotopic (exact) mass is 633 g/mol. The maximum atomic E-state index is 12.7. The van der Waals surface area contributed by atoms with E-state index in [9.17, 15) is 14.7 Å². The van der Waals surface area contributed by atoms with Gasteiger partial charge in [-0.25, -0.2) is 4.98 Å². The fraction of sp³-hybridized carbons (Fsp3) is 0.243. The highest BCUT2D eigenvalue weighted by Gasteiger charge is 2.23. The first kappa shape index (κ1) is 31.1. The number of aliphatic hydroxyl groups is 1. The minimum atomic E-state index is -0.908. The minimum absolute atomic E-state index is 0.0306. The van der Waals surface area contributed by atoms with Crippen molar-refractivity contribution in [3.05, 3.63) is 89.6 Å². The van der Waals surface area contributed by atoms with Crippen molar-refractivity contribution in [1.29, 1.82) is 0 Å². The van der Waals surface area contributed by atoms with Crippen LogP contribution in [0, 0.1) is 6.92 Å². The van der Waals surface area contributed by atoms with Gasteiger partial charge in [0.05, 0.1) is 46.1 Å². The Morgan fingerprint density at radius 1 is 1.00 bits per heavy atom. The highest BCUT2D eigenvalue weighted by Crippen LogP contribution is 2.42. The van der Waals surface area contributed by atoms with E-state index in [4.69, 9.17) is 14.8 Å². The molecule has 0 radical (unpaired) electrons. The average molecular weight is 634 g/mol. The third-order valence-electron chi connectivity index (χ3n) is 7.68. The van der Waals surface area contributed by atoms with Crippen molar-refractivity contribution in [2.24, 2.45) is 7.05 Å². The zero-order valence-corrected chi connectivity index (χ0v) is 27.2. The van der Waals surface area contributed by atoms with Gasteiger partial charge in [0.1, 0.15) is 10.8 Å². The summed E-state index contributed by atoms with van der Waals surface area (Å²) in [5.74, 6) is -0.308. The third-order valence-corrected chi connectivity index (χ3v) is 8.82. The fourth-order valence-corrected chi connectivity index (χ4v) is 6.77. The molecule has 2 N–H and O–H groups in total. The number of aromatic nitrogens is 3. The van der Waals surface area contributed by atoms with E-state index in [1.807, 2.05) is 61.2 Å². The Bertz CT molecular complexity index is 2130. The van der Waals surface area contributed by atoms with Gasteiger partial charge < -0.3 is 14.9 Å². The molecular weight excluding hydrogens is 598 g/mol. The number of aliphatic carboxylic acids is 1. The average Bonchev–Trinajstić information content (AvgIpc) is 3.59. The molecule has 0 aliphatic carbocycles. The summed E-state index contributed by atoms with van der Waals surface area (Å²) in [7, 11) is 1.93. The topological polar surface area (TPSA) is 115 Å². The molecule has 0 bridgehead atoms. The highest BCUT2D eigenvalue weighted by molar-refractivity contribution is 7.22. The summed E-state index contributed by atoms with van der Waals surface area (Å²) < 4.78 is 8.45. The van der Waals surface area contributed by atoms with E-state index in [0.29, 0.717) is 24.3 Å². The van der Waals surface area contributed by atoms with Crippen LogP contribution in [0.25, 0.3) is 53.9 Å². The number of Topliss-reactive ketones (excluding diaryl/α,β-unsaturated/α-hetero) is 1. The van der Waals surface area contributed by atoms with Crippen LogP contribution in [0.5, 0.6) is 5.75 Å². The second-order valence-corrected chi connectivity index (χ2v) is 13.5. The summed E-state index contributed by atoms with van der Waals surface area (Å²) in [6, 6.07) is 22.1. The number of hydrogen-bond donors (Lipinski definition) is 2. The zero-order chi connectivity index (χ0) is 32.7. The maximum absolute atomic E-state index is 12.7. The van der Waals surface area contributed by atoms with Crippen molar-refractivity contribution in [1.82, 2.24) is 14.8 Å². The van der Waals surface area contributed by atoms with Gasteiger partial charge in [-0.05, 0) is 91.9 Å². The summed E-state index contributed by atoms with van der Waals surface area (Å²) in [5, 5.41) is 24.6. The van der Waals surface area contributed by atoms with E-state index in [-0.39, 0.29) is 12.2 Å². The molecule has 1 aliphatic rings. The van der Waals surface area contributed by atoms with Crippen LogP contribution in [-0.2, 0) is 18.3 Å². The number of ether oxygens (including phenoxy) is 1. The molecule has 0 fully saturated rings. The molecule has 6 aromatic rings. The van der Waals surface area contributed by atoms with Gasteiger partial charge in [-0.1, -0.05) is 30.3 Å². The number of thiazole rings is 1. The van der Waals surface area contributed by atoms with Crippen LogP contribution in [0.2, 0.25) is 0 Å². The molecular formula is C37H35N3O5S. The lowest BCUT2D eigenvalue weighted by atomic mass is 9.91. The zero-order valence-electron chi connectivity index (χ0n) is 26.4. The predicted molar refractivity (Wildman–Crippen MR) is 183 cm³/mol. The van der Waals surface area contributed by atoms with E-state index < -0.39 is 11.6 Å². The largest absolute Gasteiger partial charge is 0.492 e. The molecule has 7 rings (SSSR count). The van der Waals surface area contributed by atoms with Gasteiger partial charge in [0.25, 0.3) is 0 Å². The Hall–Kier alpha value is -4.86. The predicted octanol–water partition coefficient (Wildman–Crippen LogP) is 7.86. The fourth-order valence-electron chi connectivity index (χ4n) is 5.64.